The predicted molar refractivity (Wildman–Crippen MR) is 118 cm³/mol. The van der Waals surface area contributed by atoms with E-state index in [0.29, 0.717) is 18.7 Å². The molecule has 3 amide bonds. The van der Waals surface area contributed by atoms with Crippen molar-refractivity contribution in [2.45, 2.75) is 38.4 Å². The Hall–Kier alpha value is -3.19. The minimum absolute atomic E-state index is 0.237. The lowest BCUT2D eigenvalue weighted by atomic mass is 10.1. The summed E-state index contributed by atoms with van der Waals surface area (Å²) in [7, 11) is 0. The monoisotopic (exact) mass is 420 g/mol. The molecule has 4 rings (SSSR count). The van der Waals surface area contributed by atoms with Gasteiger partial charge < -0.3 is 15.5 Å². The highest BCUT2D eigenvalue weighted by molar-refractivity contribution is 6.35. The number of hydrogen-bond donors (Lipinski definition) is 2. The van der Waals surface area contributed by atoms with Gasteiger partial charge in [-0.25, -0.2) is 0 Å². The molecule has 2 aliphatic rings. The molecular formula is C24H28N4O3. The Labute approximate surface area is 182 Å². The number of nitrogens with one attached hydrogen (secondary N) is 2. The fourth-order valence-corrected chi connectivity index (χ4v) is 4.48. The number of hydrogen-bond acceptors (Lipinski definition) is 4. The SMILES string of the molecule is CCN1CCCC1CNC(=O)C(=O)NC1C(=O)N(Cc2ccccc2)c2ccccc21. The van der Waals surface area contributed by atoms with Crippen molar-refractivity contribution in [2.75, 3.05) is 24.5 Å². The quantitative estimate of drug-likeness (QED) is 0.701. The lowest BCUT2D eigenvalue weighted by Crippen LogP contribution is -2.47. The van der Waals surface area contributed by atoms with Crippen LogP contribution in [0, 0.1) is 0 Å². The van der Waals surface area contributed by atoms with Crippen LogP contribution < -0.4 is 15.5 Å². The molecule has 2 heterocycles. The van der Waals surface area contributed by atoms with Gasteiger partial charge in [0, 0.05) is 23.8 Å². The molecule has 0 aliphatic carbocycles. The summed E-state index contributed by atoms with van der Waals surface area (Å²) in [6.07, 6.45) is 2.11. The maximum atomic E-state index is 13.1. The summed E-state index contributed by atoms with van der Waals surface area (Å²) < 4.78 is 0. The van der Waals surface area contributed by atoms with E-state index < -0.39 is 17.9 Å². The molecule has 0 spiro atoms. The number of para-hydroxylation sites is 1. The molecule has 2 unspecified atom stereocenters. The van der Waals surface area contributed by atoms with Crippen LogP contribution in [0.5, 0.6) is 0 Å². The molecule has 2 aromatic carbocycles. The van der Waals surface area contributed by atoms with Crippen molar-refractivity contribution < 1.29 is 14.4 Å². The van der Waals surface area contributed by atoms with Gasteiger partial charge in [0.1, 0.15) is 6.04 Å². The molecule has 7 nitrogen and oxygen atoms in total. The Balaban J connectivity index is 1.42. The number of amides is 3. The normalized spacial score (nSPS) is 20.5. The minimum atomic E-state index is -0.864. The van der Waals surface area contributed by atoms with Gasteiger partial charge in [-0.3, -0.25) is 19.3 Å². The largest absolute Gasteiger partial charge is 0.346 e. The molecule has 162 valence electrons. The van der Waals surface area contributed by atoms with Crippen LogP contribution in [-0.4, -0.2) is 48.3 Å². The van der Waals surface area contributed by atoms with Gasteiger partial charge in [0.15, 0.2) is 0 Å². The molecule has 2 aromatic rings. The van der Waals surface area contributed by atoms with Crippen LogP contribution in [0.1, 0.15) is 36.9 Å². The van der Waals surface area contributed by atoms with Crippen LogP contribution in [0.25, 0.3) is 0 Å². The second-order valence-corrected chi connectivity index (χ2v) is 8.01. The van der Waals surface area contributed by atoms with Gasteiger partial charge in [-0.2, -0.15) is 0 Å². The molecule has 2 atom stereocenters. The number of carbonyl (C=O) groups excluding carboxylic acids is 3. The first kappa shape index (κ1) is 21.1. The van der Waals surface area contributed by atoms with Crippen LogP contribution in [0.2, 0.25) is 0 Å². The van der Waals surface area contributed by atoms with Crippen molar-refractivity contribution in [1.29, 1.82) is 0 Å². The highest BCUT2D eigenvalue weighted by Gasteiger charge is 2.39. The summed E-state index contributed by atoms with van der Waals surface area (Å²) in [5.74, 6) is -1.72. The maximum Gasteiger partial charge on any atom is 0.310 e. The van der Waals surface area contributed by atoms with Crippen LogP contribution in [0.4, 0.5) is 5.69 Å². The molecule has 31 heavy (non-hydrogen) atoms. The number of benzene rings is 2. The van der Waals surface area contributed by atoms with Crippen LogP contribution in [0.3, 0.4) is 0 Å². The van der Waals surface area contributed by atoms with E-state index >= 15 is 0 Å². The van der Waals surface area contributed by atoms with Crippen LogP contribution >= 0.6 is 0 Å². The number of likely N-dealkylation sites (tertiary alicyclic amines) is 1. The summed E-state index contributed by atoms with van der Waals surface area (Å²) in [5.41, 5.74) is 2.46. The molecule has 1 fully saturated rings. The molecule has 0 saturated carbocycles. The van der Waals surface area contributed by atoms with Crippen molar-refractivity contribution in [3.8, 4) is 0 Å². The Morgan fingerprint density at radius 3 is 2.55 bits per heavy atom. The summed E-state index contributed by atoms with van der Waals surface area (Å²) in [4.78, 5) is 42.1. The lowest BCUT2D eigenvalue weighted by molar-refractivity contribution is -0.140. The molecule has 0 radical (unpaired) electrons. The number of nitrogens with zero attached hydrogens (tertiary/aromatic N) is 2. The topological polar surface area (TPSA) is 81.8 Å². The Morgan fingerprint density at radius 2 is 1.77 bits per heavy atom. The van der Waals surface area contributed by atoms with Crippen molar-refractivity contribution in [2.24, 2.45) is 0 Å². The van der Waals surface area contributed by atoms with Gasteiger partial charge in [0.05, 0.1) is 6.54 Å². The van der Waals surface area contributed by atoms with Gasteiger partial charge in [-0.1, -0.05) is 55.5 Å². The zero-order chi connectivity index (χ0) is 21.8. The molecule has 1 saturated heterocycles. The Bertz CT molecular complexity index is 962. The van der Waals surface area contributed by atoms with Crippen molar-refractivity contribution in [3.05, 3.63) is 65.7 Å². The summed E-state index contributed by atoms with van der Waals surface area (Å²) >= 11 is 0. The fourth-order valence-electron chi connectivity index (χ4n) is 4.48. The van der Waals surface area contributed by atoms with Gasteiger partial charge in [0.25, 0.3) is 5.91 Å². The first-order chi connectivity index (χ1) is 15.1. The highest BCUT2D eigenvalue weighted by Crippen LogP contribution is 2.36. The Morgan fingerprint density at radius 1 is 1.03 bits per heavy atom. The number of rotatable bonds is 6. The molecule has 2 N–H and O–H groups in total. The average molecular weight is 421 g/mol. The zero-order valence-corrected chi connectivity index (χ0v) is 17.7. The van der Waals surface area contributed by atoms with Gasteiger partial charge in [-0.15, -0.1) is 0 Å². The first-order valence-electron chi connectivity index (χ1n) is 10.9. The van der Waals surface area contributed by atoms with Gasteiger partial charge in [0.2, 0.25) is 0 Å². The average Bonchev–Trinajstić information content (AvgIpc) is 3.36. The van der Waals surface area contributed by atoms with E-state index in [-0.39, 0.29) is 11.9 Å². The summed E-state index contributed by atoms with van der Waals surface area (Å²) in [5, 5.41) is 5.38. The van der Waals surface area contributed by atoms with E-state index in [4.69, 9.17) is 0 Å². The van der Waals surface area contributed by atoms with Crippen molar-refractivity contribution in [3.63, 3.8) is 0 Å². The third-order valence-corrected chi connectivity index (χ3v) is 6.12. The Kier molecular flexibility index (Phi) is 6.32. The smallest absolute Gasteiger partial charge is 0.310 e. The summed E-state index contributed by atoms with van der Waals surface area (Å²) in [6.45, 7) is 4.89. The number of fused-ring (bicyclic) bond motifs is 1. The lowest BCUT2D eigenvalue weighted by Gasteiger charge is -2.23. The molecule has 2 aliphatic heterocycles. The van der Waals surface area contributed by atoms with Gasteiger partial charge in [-0.05, 0) is 37.6 Å². The molecule has 0 aromatic heterocycles. The second-order valence-electron chi connectivity index (χ2n) is 8.01. The third-order valence-electron chi connectivity index (χ3n) is 6.12. The number of carbonyl (C=O) groups is 3. The van der Waals surface area contributed by atoms with Crippen molar-refractivity contribution >= 4 is 23.4 Å². The van der Waals surface area contributed by atoms with E-state index in [1.165, 1.54) is 0 Å². The zero-order valence-electron chi connectivity index (χ0n) is 17.7. The van der Waals surface area contributed by atoms with E-state index in [9.17, 15) is 14.4 Å². The molecule has 7 heteroatoms. The standard InChI is InChI=1S/C24H28N4O3/c1-2-27-14-8-11-18(27)15-25-22(29)23(30)26-21-19-12-6-7-13-20(19)28(24(21)31)16-17-9-4-3-5-10-17/h3-7,9-10,12-13,18,21H,2,8,11,14-16H2,1H3,(H,25,29)(H,26,30). The number of anilines is 1. The molecular weight excluding hydrogens is 392 g/mol. The minimum Gasteiger partial charge on any atom is -0.346 e. The first-order valence-corrected chi connectivity index (χ1v) is 10.9. The van der Waals surface area contributed by atoms with Crippen molar-refractivity contribution in [1.82, 2.24) is 15.5 Å². The van der Waals surface area contributed by atoms with E-state index in [0.717, 1.165) is 37.2 Å². The summed E-state index contributed by atoms with van der Waals surface area (Å²) in [6, 6.07) is 16.5. The van der Waals surface area contributed by atoms with Gasteiger partial charge >= 0.3 is 11.8 Å². The van der Waals surface area contributed by atoms with E-state index in [1.54, 1.807) is 4.90 Å². The second kappa shape index (κ2) is 9.31. The van der Waals surface area contributed by atoms with Crippen LogP contribution in [0.15, 0.2) is 54.6 Å². The maximum absolute atomic E-state index is 13.1. The fraction of sp³-hybridized carbons (Fsp3) is 0.375. The number of likely N-dealkylation sites (N-methyl/N-ethyl adjacent to an activating group) is 1. The van der Waals surface area contributed by atoms with Crippen LogP contribution in [-0.2, 0) is 20.9 Å². The molecule has 0 bridgehead atoms. The van der Waals surface area contributed by atoms with E-state index in [1.807, 2.05) is 54.6 Å². The van der Waals surface area contributed by atoms with E-state index in [2.05, 4.69) is 22.5 Å². The highest BCUT2D eigenvalue weighted by atomic mass is 16.2. The third kappa shape index (κ3) is 4.46. The predicted octanol–water partition coefficient (Wildman–Crippen LogP) is 1.99.